The van der Waals surface area contributed by atoms with E-state index >= 15 is 0 Å². The molecule has 1 aliphatic heterocycles. The molecule has 0 radical (unpaired) electrons. The average molecular weight is 418 g/mol. The maximum Gasteiger partial charge on any atom is 0.262 e. The maximum absolute atomic E-state index is 11.4. The molecule has 20 heavy (non-hydrogen) atoms. The van der Waals surface area contributed by atoms with E-state index in [1.165, 1.54) is 0 Å². The van der Waals surface area contributed by atoms with Gasteiger partial charge in [0.25, 0.3) is 5.91 Å². The molecule has 1 aromatic heterocycles. The summed E-state index contributed by atoms with van der Waals surface area (Å²) in [6.07, 6.45) is 0. The van der Waals surface area contributed by atoms with Crippen LogP contribution < -0.4 is 15.8 Å². The van der Waals surface area contributed by atoms with E-state index in [4.69, 9.17) is 10.5 Å². The third-order valence-corrected chi connectivity index (χ3v) is 5.40. The van der Waals surface area contributed by atoms with Crippen molar-refractivity contribution in [1.82, 2.24) is 0 Å². The van der Waals surface area contributed by atoms with Crippen molar-refractivity contribution in [2.75, 3.05) is 11.9 Å². The Morgan fingerprint density at radius 1 is 1.35 bits per heavy atom. The second-order valence-corrected chi connectivity index (χ2v) is 8.10. The number of rotatable bonds is 2. The Kier molecular flexibility index (Phi) is 3.85. The number of nitrogens with one attached hydrogen (secondary N) is 1. The van der Waals surface area contributed by atoms with E-state index in [0.29, 0.717) is 11.4 Å². The van der Waals surface area contributed by atoms with E-state index in [0.717, 1.165) is 18.7 Å². The van der Waals surface area contributed by atoms with Crippen LogP contribution in [0.3, 0.4) is 0 Å². The smallest absolute Gasteiger partial charge is 0.262 e. The fraction of sp³-hybridized carbons (Fsp3) is 0.154. The van der Waals surface area contributed by atoms with E-state index in [9.17, 15) is 4.79 Å². The summed E-state index contributed by atoms with van der Waals surface area (Å²) in [6, 6.07) is 7.33. The molecule has 0 fully saturated rings. The summed E-state index contributed by atoms with van der Waals surface area (Å²) < 4.78 is 7.35. The number of fused-ring (bicyclic) bond motifs is 1. The molecule has 0 saturated carbocycles. The Balaban J connectivity index is 1.96. The molecule has 4 nitrogen and oxygen atoms in total. The lowest BCUT2D eigenvalue weighted by Crippen LogP contribution is -2.25. The Morgan fingerprint density at radius 3 is 2.85 bits per heavy atom. The van der Waals surface area contributed by atoms with Crippen molar-refractivity contribution in [2.24, 2.45) is 5.73 Å². The van der Waals surface area contributed by atoms with Crippen molar-refractivity contribution in [2.45, 2.75) is 6.04 Å². The van der Waals surface area contributed by atoms with Crippen LogP contribution in [-0.2, 0) is 4.79 Å². The first-order chi connectivity index (χ1) is 9.54. The van der Waals surface area contributed by atoms with Crippen LogP contribution in [0.5, 0.6) is 5.75 Å². The average Bonchev–Trinajstić information content (AvgIpc) is 2.76. The number of thiophene rings is 1. The first kappa shape index (κ1) is 14.1. The molecule has 0 bridgehead atoms. The summed E-state index contributed by atoms with van der Waals surface area (Å²) in [5, 5.41) is 2.79. The molecule has 0 saturated heterocycles. The van der Waals surface area contributed by atoms with E-state index < -0.39 is 0 Å². The molecule has 3 N–H and O–H groups in total. The van der Waals surface area contributed by atoms with Crippen molar-refractivity contribution >= 4 is 54.8 Å². The SMILES string of the molecule is NC(c1ccc2c(c1)NC(=O)CO2)c1cc(Br)sc1Br. The minimum atomic E-state index is -0.268. The predicted molar refractivity (Wildman–Crippen MR) is 86.3 cm³/mol. The van der Waals surface area contributed by atoms with Gasteiger partial charge in [-0.1, -0.05) is 6.07 Å². The quantitative estimate of drug-likeness (QED) is 0.783. The van der Waals surface area contributed by atoms with Gasteiger partial charge in [-0.2, -0.15) is 0 Å². The normalized spacial score (nSPS) is 15.2. The number of hydrogen-bond acceptors (Lipinski definition) is 4. The Bertz CT molecular complexity index is 687. The second kappa shape index (κ2) is 5.48. The molecule has 3 rings (SSSR count). The monoisotopic (exact) mass is 416 g/mol. The van der Waals surface area contributed by atoms with Gasteiger partial charge in [-0.25, -0.2) is 0 Å². The third kappa shape index (κ3) is 2.63. The highest BCUT2D eigenvalue weighted by molar-refractivity contribution is 9.12. The van der Waals surface area contributed by atoms with E-state index in [1.807, 2.05) is 24.3 Å². The standard InChI is InChI=1S/C13H10Br2N2O2S/c14-10-4-7(13(15)20-10)12(16)6-1-2-9-8(3-6)17-11(18)5-19-9/h1-4,12H,5,16H2,(H,17,18). The van der Waals surface area contributed by atoms with Crippen LogP contribution in [0, 0.1) is 0 Å². The van der Waals surface area contributed by atoms with Crippen molar-refractivity contribution in [3.8, 4) is 5.75 Å². The van der Waals surface area contributed by atoms with Crippen molar-refractivity contribution in [3.05, 3.63) is 43.0 Å². The van der Waals surface area contributed by atoms with Crippen molar-refractivity contribution in [3.63, 3.8) is 0 Å². The van der Waals surface area contributed by atoms with Gasteiger partial charge >= 0.3 is 0 Å². The van der Waals surface area contributed by atoms with Crippen molar-refractivity contribution in [1.29, 1.82) is 0 Å². The maximum atomic E-state index is 11.4. The highest BCUT2D eigenvalue weighted by Gasteiger charge is 2.20. The van der Waals surface area contributed by atoms with Crippen LogP contribution in [0.2, 0.25) is 0 Å². The van der Waals surface area contributed by atoms with Crippen LogP contribution in [-0.4, -0.2) is 12.5 Å². The topological polar surface area (TPSA) is 64.3 Å². The van der Waals surface area contributed by atoms with Gasteiger partial charge in [-0.15, -0.1) is 11.3 Å². The summed E-state index contributed by atoms with van der Waals surface area (Å²) in [7, 11) is 0. The summed E-state index contributed by atoms with van der Waals surface area (Å²) in [5.41, 5.74) is 8.89. The molecule has 7 heteroatoms. The number of amides is 1. The lowest BCUT2D eigenvalue weighted by molar-refractivity contribution is -0.118. The highest BCUT2D eigenvalue weighted by Crippen LogP contribution is 2.38. The largest absolute Gasteiger partial charge is 0.482 e. The lowest BCUT2D eigenvalue weighted by atomic mass is 10.0. The van der Waals surface area contributed by atoms with Gasteiger partial charge in [0.2, 0.25) is 0 Å². The Hall–Kier alpha value is -0.890. The predicted octanol–water partition coefficient (Wildman–Crippen LogP) is 3.65. The van der Waals surface area contributed by atoms with Crippen LogP contribution >= 0.6 is 43.2 Å². The number of anilines is 1. The first-order valence-corrected chi connectivity index (χ1v) is 8.22. The third-order valence-electron chi connectivity index (χ3n) is 3.01. The number of halogens is 2. The number of carbonyl (C=O) groups excluding carboxylic acids is 1. The zero-order valence-corrected chi connectivity index (χ0v) is 14.1. The minimum absolute atomic E-state index is 0.0570. The Morgan fingerprint density at radius 2 is 2.15 bits per heavy atom. The van der Waals surface area contributed by atoms with E-state index in [-0.39, 0.29) is 18.6 Å². The van der Waals surface area contributed by atoms with Crippen LogP contribution in [0.15, 0.2) is 31.8 Å². The molecule has 1 unspecified atom stereocenters. The highest BCUT2D eigenvalue weighted by atomic mass is 79.9. The molecule has 2 aromatic rings. The summed E-state index contributed by atoms with van der Waals surface area (Å²) in [4.78, 5) is 11.4. The van der Waals surface area contributed by atoms with Gasteiger partial charge in [0.05, 0.1) is 19.3 Å². The number of ether oxygens (including phenoxy) is 1. The molecule has 1 atom stereocenters. The summed E-state index contributed by atoms with van der Waals surface area (Å²) in [6.45, 7) is 0.0570. The van der Waals surface area contributed by atoms with Gasteiger partial charge in [-0.3, -0.25) is 4.79 Å². The summed E-state index contributed by atoms with van der Waals surface area (Å²) >= 11 is 8.54. The molecular weight excluding hydrogens is 408 g/mol. The molecule has 0 spiro atoms. The first-order valence-electron chi connectivity index (χ1n) is 5.81. The molecule has 1 aromatic carbocycles. The minimum Gasteiger partial charge on any atom is -0.482 e. The van der Waals surface area contributed by atoms with Gasteiger partial charge in [0, 0.05) is 0 Å². The van der Waals surface area contributed by atoms with Gasteiger partial charge in [0.15, 0.2) is 6.61 Å². The second-order valence-electron chi connectivity index (χ2n) is 4.35. The zero-order chi connectivity index (χ0) is 14.3. The molecular formula is C13H10Br2N2O2S. The van der Waals surface area contributed by atoms with Gasteiger partial charge < -0.3 is 15.8 Å². The van der Waals surface area contributed by atoms with Gasteiger partial charge in [0.1, 0.15) is 5.75 Å². The molecule has 1 amide bonds. The van der Waals surface area contributed by atoms with Crippen LogP contribution in [0.1, 0.15) is 17.2 Å². The van der Waals surface area contributed by atoms with Gasteiger partial charge in [-0.05, 0) is 61.2 Å². The lowest BCUT2D eigenvalue weighted by Gasteiger charge is -2.20. The van der Waals surface area contributed by atoms with Crippen LogP contribution in [0.25, 0.3) is 0 Å². The number of benzene rings is 1. The number of carbonyl (C=O) groups is 1. The molecule has 104 valence electrons. The zero-order valence-electron chi connectivity index (χ0n) is 10.2. The summed E-state index contributed by atoms with van der Waals surface area (Å²) in [5.74, 6) is 0.522. The molecule has 0 aliphatic carbocycles. The van der Waals surface area contributed by atoms with Crippen LogP contribution in [0.4, 0.5) is 5.69 Å². The Labute approximate surface area is 136 Å². The number of nitrogens with two attached hydrogens (primary N) is 1. The van der Waals surface area contributed by atoms with Crippen molar-refractivity contribution < 1.29 is 9.53 Å². The van der Waals surface area contributed by atoms with E-state index in [2.05, 4.69) is 37.2 Å². The molecule has 1 aliphatic rings. The fourth-order valence-electron chi connectivity index (χ4n) is 2.04. The number of hydrogen-bond donors (Lipinski definition) is 2. The molecule has 2 heterocycles. The van der Waals surface area contributed by atoms with E-state index in [1.54, 1.807) is 11.3 Å². The fourth-order valence-corrected chi connectivity index (χ4v) is 4.97.